The number of nitrogens with one attached hydrogen (secondary N) is 1. The van der Waals surface area contributed by atoms with Gasteiger partial charge in [-0.2, -0.15) is 0 Å². The minimum absolute atomic E-state index is 0.0957. The van der Waals surface area contributed by atoms with E-state index in [-0.39, 0.29) is 12.1 Å². The number of hydrogen-bond acceptors (Lipinski definition) is 4. The highest BCUT2D eigenvalue weighted by Crippen LogP contribution is 2.31. The quantitative estimate of drug-likeness (QED) is 0.822. The Morgan fingerprint density at radius 3 is 2.43 bits per heavy atom. The van der Waals surface area contributed by atoms with Crippen LogP contribution in [-0.4, -0.2) is 33.4 Å². The number of fused-ring (bicyclic) bond motifs is 1. The maximum absolute atomic E-state index is 5.96. The van der Waals surface area contributed by atoms with Crippen LogP contribution in [0.2, 0.25) is 0 Å². The average molecular weight is 288 g/mol. The zero-order chi connectivity index (χ0) is 15.2. The molecular formula is C17H24N2O2. The first-order valence-corrected chi connectivity index (χ1v) is 7.23. The number of benzene rings is 2. The number of methoxy groups -OCH3 is 2. The molecule has 2 atom stereocenters. The van der Waals surface area contributed by atoms with Gasteiger partial charge in [-0.1, -0.05) is 30.3 Å². The summed E-state index contributed by atoms with van der Waals surface area (Å²) < 4.78 is 10.7. The van der Waals surface area contributed by atoms with Crippen LogP contribution in [0.25, 0.3) is 10.8 Å². The van der Waals surface area contributed by atoms with Gasteiger partial charge in [0.05, 0.1) is 13.2 Å². The van der Waals surface area contributed by atoms with Crippen molar-refractivity contribution in [1.29, 1.82) is 0 Å². The molecule has 21 heavy (non-hydrogen) atoms. The Morgan fingerprint density at radius 2 is 1.81 bits per heavy atom. The second-order valence-corrected chi connectivity index (χ2v) is 5.15. The molecule has 0 radical (unpaired) electrons. The van der Waals surface area contributed by atoms with Crippen LogP contribution in [0.1, 0.15) is 18.5 Å². The topological polar surface area (TPSA) is 56.5 Å². The molecule has 2 rings (SSSR count). The zero-order valence-electron chi connectivity index (χ0n) is 12.9. The van der Waals surface area contributed by atoms with Crippen LogP contribution >= 0.6 is 0 Å². The van der Waals surface area contributed by atoms with Gasteiger partial charge in [0.25, 0.3) is 0 Å². The first-order chi connectivity index (χ1) is 10.2. The van der Waals surface area contributed by atoms with Gasteiger partial charge in [-0.05, 0) is 23.9 Å². The number of ether oxygens (including phenoxy) is 2. The molecular weight excluding hydrogens is 264 g/mol. The number of nitrogens with two attached hydrogens (primary N) is 1. The smallest absolute Gasteiger partial charge is 0.126 e. The molecule has 4 nitrogen and oxygen atoms in total. The average Bonchev–Trinajstić information content (AvgIpc) is 2.54. The second kappa shape index (κ2) is 7.41. The van der Waals surface area contributed by atoms with Gasteiger partial charge in [0.2, 0.25) is 0 Å². The summed E-state index contributed by atoms with van der Waals surface area (Å²) >= 11 is 0. The molecule has 0 saturated carbocycles. The lowest BCUT2D eigenvalue weighted by atomic mass is 9.98. The SMILES string of the molecule is COc1ccc(C(CN)NCC(C)OC)c2ccccc12. The van der Waals surface area contributed by atoms with Crippen LogP contribution in [0.15, 0.2) is 36.4 Å². The summed E-state index contributed by atoms with van der Waals surface area (Å²) in [5, 5.41) is 5.76. The van der Waals surface area contributed by atoms with E-state index in [9.17, 15) is 0 Å². The van der Waals surface area contributed by atoms with Gasteiger partial charge >= 0.3 is 0 Å². The van der Waals surface area contributed by atoms with Gasteiger partial charge in [0.15, 0.2) is 0 Å². The van der Waals surface area contributed by atoms with Crippen LogP contribution in [0.5, 0.6) is 5.75 Å². The molecule has 4 heteroatoms. The number of hydrogen-bond donors (Lipinski definition) is 2. The Kier molecular flexibility index (Phi) is 5.56. The van der Waals surface area contributed by atoms with Crippen molar-refractivity contribution in [1.82, 2.24) is 5.32 Å². The standard InChI is InChI=1S/C17H24N2O2/c1-12(20-2)11-19-16(10-18)14-8-9-17(21-3)15-7-5-4-6-13(14)15/h4-9,12,16,19H,10-11,18H2,1-3H3. The van der Waals surface area contributed by atoms with Gasteiger partial charge in [0, 0.05) is 31.6 Å². The Morgan fingerprint density at radius 1 is 1.10 bits per heavy atom. The Labute approximate surface area is 126 Å². The Hall–Kier alpha value is -1.62. The first-order valence-electron chi connectivity index (χ1n) is 7.23. The van der Waals surface area contributed by atoms with E-state index >= 15 is 0 Å². The summed E-state index contributed by atoms with van der Waals surface area (Å²) in [5.74, 6) is 0.885. The molecule has 0 aromatic heterocycles. The van der Waals surface area contributed by atoms with Crippen molar-refractivity contribution in [2.45, 2.75) is 19.1 Å². The lowest BCUT2D eigenvalue weighted by molar-refractivity contribution is 0.114. The van der Waals surface area contributed by atoms with Crippen molar-refractivity contribution in [3.8, 4) is 5.75 Å². The second-order valence-electron chi connectivity index (χ2n) is 5.15. The lowest BCUT2D eigenvalue weighted by Crippen LogP contribution is -2.34. The van der Waals surface area contributed by atoms with Crippen LogP contribution in [0.4, 0.5) is 0 Å². The molecule has 114 valence electrons. The van der Waals surface area contributed by atoms with E-state index in [2.05, 4.69) is 23.5 Å². The Bertz CT molecular complexity index is 586. The van der Waals surface area contributed by atoms with E-state index in [1.165, 1.54) is 10.9 Å². The fourth-order valence-electron chi connectivity index (χ4n) is 2.49. The first kappa shape index (κ1) is 15.8. The normalized spacial score (nSPS) is 14.1. The molecule has 0 aliphatic rings. The van der Waals surface area contributed by atoms with Crippen molar-refractivity contribution in [3.05, 3.63) is 42.0 Å². The van der Waals surface area contributed by atoms with Gasteiger partial charge in [-0.25, -0.2) is 0 Å². The number of rotatable bonds is 7. The fourth-order valence-corrected chi connectivity index (χ4v) is 2.49. The van der Waals surface area contributed by atoms with E-state index in [1.54, 1.807) is 14.2 Å². The molecule has 0 bridgehead atoms. The van der Waals surface area contributed by atoms with Crippen LogP contribution < -0.4 is 15.8 Å². The third kappa shape index (κ3) is 3.53. The predicted molar refractivity (Wildman–Crippen MR) is 86.8 cm³/mol. The van der Waals surface area contributed by atoms with Gasteiger partial charge < -0.3 is 20.5 Å². The van der Waals surface area contributed by atoms with Crippen molar-refractivity contribution in [2.24, 2.45) is 5.73 Å². The van der Waals surface area contributed by atoms with Gasteiger partial charge in [-0.3, -0.25) is 0 Å². The highest BCUT2D eigenvalue weighted by atomic mass is 16.5. The third-order valence-corrected chi connectivity index (χ3v) is 3.80. The molecule has 0 spiro atoms. The maximum Gasteiger partial charge on any atom is 0.126 e. The molecule has 0 aliphatic heterocycles. The van der Waals surface area contributed by atoms with Crippen molar-refractivity contribution >= 4 is 10.8 Å². The van der Waals surface area contributed by atoms with Crippen LogP contribution in [0.3, 0.4) is 0 Å². The summed E-state index contributed by atoms with van der Waals surface area (Å²) in [6, 6.07) is 12.4. The summed E-state index contributed by atoms with van der Waals surface area (Å²) in [5.41, 5.74) is 7.15. The minimum Gasteiger partial charge on any atom is -0.496 e. The summed E-state index contributed by atoms with van der Waals surface area (Å²) in [4.78, 5) is 0. The molecule has 2 aromatic rings. The van der Waals surface area contributed by atoms with Crippen molar-refractivity contribution in [3.63, 3.8) is 0 Å². The molecule has 0 amide bonds. The molecule has 2 unspecified atom stereocenters. The summed E-state index contributed by atoms with van der Waals surface area (Å²) in [6.45, 7) is 3.33. The van der Waals surface area contributed by atoms with Crippen LogP contribution in [0, 0.1) is 0 Å². The fraction of sp³-hybridized carbons (Fsp3) is 0.412. The van der Waals surface area contributed by atoms with E-state index in [4.69, 9.17) is 15.2 Å². The molecule has 2 aromatic carbocycles. The summed E-state index contributed by atoms with van der Waals surface area (Å²) in [6.07, 6.45) is 0.156. The van der Waals surface area contributed by atoms with E-state index in [1.807, 2.05) is 25.1 Å². The van der Waals surface area contributed by atoms with Crippen molar-refractivity contribution in [2.75, 3.05) is 27.3 Å². The monoisotopic (exact) mass is 288 g/mol. The van der Waals surface area contributed by atoms with Gasteiger partial charge in [0.1, 0.15) is 5.75 Å². The molecule has 0 saturated heterocycles. The van der Waals surface area contributed by atoms with E-state index < -0.39 is 0 Å². The minimum atomic E-state index is 0.0957. The predicted octanol–water partition coefficient (Wildman–Crippen LogP) is 2.47. The highest BCUT2D eigenvalue weighted by Gasteiger charge is 2.15. The van der Waals surface area contributed by atoms with E-state index in [0.717, 1.165) is 17.7 Å². The molecule has 0 fully saturated rings. The largest absolute Gasteiger partial charge is 0.496 e. The van der Waals surface area contributed by atoms with Crippen molar-refractivity contribution < 1.29 is 9.47 Å². The highest BCUT2D eigenvalue weighted by molar-refractivity contribution is 5.91. The zero-order valence-corrected chi connectivity index (χ0v) is 12.9. The molecule has 3 N–H and O–H groups in total. The Balaban J connectivity index is 2.35. The van der Waals surface area contributed by atoms with E-state index in [0.29, 0.717) is 6.54 Å². The van der Waals surface area contributed by atoms with Crippen LogP contribution in [-0.2, 0) is 4.74 Å². The summed E-state index contributed by atoms with van der Waals surface area (Å²) in [7, 11) is 3.41. The third-order valence-electron chi connectivity index (χ3n) is 3.80. The molecule has 0 aliphatic carbocycles. The lowest BCUT2D eigenvalue weighted by Gasteiger charge is -2.22. The van der Waals surface area contributed by atoms with Gasteiger partial charge in [-0.15, -0.1) is 0 Å². The molecule has 0 heterocycles. The maximum atomic E-state index is 5.96.